The van der Waals surface area contributed by atoms with Crippen molar-refractivity contribution in [3.8, 4) is 0 Å². The zero-order chi connectivity index (χ0) is 14.1. The number of carbonyl (C=O) groups is 1. The predicted molar refractivity (Wildman–Crippen MR) is 75.6 cm³/mol. The van der Waals surface area contributed by atoms with Gasteiger partial charge in [0, 0.05) is 16.1 Å². The number of nitrogens with one attached hydrogen (secondary N) is 1. The second-order valence-corrected chi connectivity index (χ2v) is 4.69. The number of anilines is 1. The Morgan fingerprint density at radius 3 is 2.80 bits per heavy atom. The van der Waals surface area contributed by atoms with Crippen LogP contribution in [0, 0.1) is 5.82 Å². The SMILES string of the molecule is O=C(Nc1cccc(F)c1)c1cc2cc(Cl)ccc2o1. The molecule has 1 amide bonds. The van der Waals surface area contributed by atoms with Crippen LogP contribution in [0.15, 0.2) is 52.9 Å². The topological polar surface area (TPSA) is 42.2 Å². The summed E-state index contributed by atoms with van der Waals surface area (Å²) in [4.78, 5) is 12.0. The first-order valence-corrected chi connectivity index (χ1v) is 6.26. The second-order valence-electron chi connectivity index (χ2n) is 4.26. The lowest BCUT2D eigenvalue weighted by Gasteiger charge is -2.02. The molecule has 20 heavy (non-hydrogen) atoms. The first kappa shape index (κ1) is 12.7. The van der Waals surface area contributed by atoms with Crippen LogP contribution < -0.4 is 5.32 Å². The highest BCUT2D eigenvalue weighted by atomic mass is 35.5. The Bertz CT molecular complexity index is 797. The maximum atomic E-state index is 13.0. The molecule has 1 heterocycles. The lowest BCUT2D eigenvalue weighted by atomic mass is 10.2. The lowest BCUT2D eigenvalue weighted by Crippen LogP contribution is -2.10. The quantitative estimate of drug-likeness (QED) is 0.756. The molecule has 100 valence electrons. The molecule has 1 N–H and O–H groups in total. The molecule has 3 nitrogen and oxygen atoms in total. The molecule has 0 radical (unpaired) electrons. The Morgan fingerprint density at radius 1 is 1.15 bits per heavy atom. The van der Waals surface area contributed by atoms with Gasteiger partial charge in [0.25, 0.3) is 5.91 Å². The highest BCUT2D eigenvalue weighted by Crippen LogP contribution is 2.23. The molecule has 0 atom stereocenters. The van der Waals surface area contributed by atoms with E-state index in [0.717, 1.165) is 5.39 Å². The van der Waals surface area contributed by atoms with Crippen LogP contribution in [0.5, 0.6) is 0 Å². The van der Waals surface area contributed by atoms with E-state index in [4.69, 9.17) is 16.0 Å². The van der Waals surface area contributed by atoms with Gasteiger partial charge in [-0.1, -0.05) is 17.7 Å². The fraction of sp³-hybridized carbons (Fsp3) is 0. The van der Waals surface area contributed by atoms with Gasteiger partial charge in [0.05, 0.1) is 0 Å². The van der Waals surface area contributed by atoms with Crippen molar-refractivity contribution in [1.29, 1.82) is 0 Å². The lowest BCUT2D eigenvalue weighted by molar-refractivity contribution is 0.0998. The number of carbonyl (C=O) groups excluding carboxylic acids is 1. The van der Waals surface area contributed by atoms with Crippen LogP contribution in [0.4, 0.5) is 10.1 Å². The molecule has 0 saturated carbocycles. The molecular formula is C15H9ClFNO2. The number of furan rings is 1. The van der Waals surface area contributed by atoms with Gasteiger partial charge in [-0.25, -0.2) is 4.39 Å². The minimum absolute atomic E-state index is 0.145. The van der Waals surface area contributed by atoms with E-state index < -0.39 is 11.7 Å². The summed E-state index contributed by atoms with van der Waals surface area (Å²) in [6.45, 7) is 0. The molecule has 0 unspecified atom stereocenters. The Labute approximate surface area is 119 Å². The molecule has 5 heteroatoms. The molecule has 3 rings (SSSR count). The third-order valence-corrected chi connectivity index (χ3v) is 3.02. The van der Waals surface area contributed by atoms with E-state index in [2.05, 4.69) is 5.32 Å². The summed E-state index contributed by atoms with van der Waals surface area (Å²) in [6, 6.07) is 12.3. The minimum Gasteiger partial charge on any atom is -0.451 e. The summed E-state index contributed by atoms with van der Waals surface area (Å²) in [7, 11) is 0. The summed E-state index contributed by atoms with van der Waals surface area (Å²) in [5.74, 6) is -0.714. The average Bonchev–Trinajstić information content (AvgIpc) is 2.81. The average molecular weight is 290 g/mol. The molecule has 0 bridgehead atoms. The molecule has 0 aliphatic heterocycles. The maximum absolute atomic E-state index is 13.0. The van der Waals surface area contributed by atoms with E-state index in [0.29, 0.717) is 16.3 Å². The van der Waals surface area contributed by atoms with Crippen LogP contribution >= 0.6 is 11.6 Å². The van der Waals surface area contributed by atoms with Gasteiger partial charge in [0.15, 0.2) is 5.76 Å². The summed E-state index contributed by atoms with van der Waals surface area (Å²) in [5, 5.41) is 3.87. The summed E-state index contributed by atoms with van der Waals surface area (Å²) in [5.41, 5.74) is 0.937. The van der Waals surface area contributed by atoms with Gasteiger partial charge >= 0.3 is 0 Å². The molecule has 0 saturated heterocycles. The molecule has 0 aliphatic carbocycles. The molecule has 0 spiro atoms. The molecular weight excluding hydrogens is 281 g/mol. The molecule has 1 aromatic heterocycles. The zero-order valence-electron chi connectivity index (χ0n) is 10.2. The van der Waals surface area contributed by atoms with Crippen molar-refractivity contribution in [3.05, 3.63) is 65.1 Å². The van der Waals surface area contributed by atoms with Gasteiger partial charge in [-0.3, -0.25) is 4.79 Å². The Kier molecular flexibility index (Phi) is 3.16. The van der Waals surface area contributed by atoms with E-state index in [1.165, 1.54) is 18.2 Å². The van der Waals surface area contributed by atoms with Crippen LogP contribution in [-0.4, -0.2) is 5.91 Å². The molecule has 0 fully saturated rings. The number of hydrogen-bond acceptors (Lipinski definition) is 2. The van der Waals surface area contributed by atoms with Crippen molar-refractivity contribution in [3.63, 3.8) is 0 Å². The van der Waals surface area contributed by atoms with Crippen LogP contribution in [0.1, 0.15) is 10.6 Å². The zero-order valence-corrected chi connectivity index (χ0v) is 10.9. The van der Waals surface area contributed by atoms with E-state index in [1.54, 1.807) is 30.3 Å². The monoisotopic (exact) mass is 289 g/mol. The highest BCUT2D eigenvalue weighted by molar-refractivity contribution is 6.31. The van der Waals surface area contributed by atoms with Crippen molar-refractivity contribution >= 4 is 34.2 Å². The van der Waals surface area contributed by atoms with E-state index in [9.17, 15) is 9.18 Å². The number of rotatable bonds is 2. The van der Waals surface area contributed by atoms with Crippen LogP contribution in [-0.2, 0) is 0 Å². The molecule has 0 aliphatic rings. The number of amides is 1. The summed E-state index contributed by atoms with van der Waals surface area (Å²) >= 11 is 5.87. The number of fused-ring (bicyclic) bond motifs is 1. The largest absolute Gasteiger partial charge is 0.451 e. The van der Waals surface area contributed by atoms with Crippen molar-refractivity contribution in [1.82, 2.24) is 0 Å². The van der Waals surface area contributed by atoms with E-state index in [1.807, 2.05) is 0 Å². The van der Waals surface area contributed by atoms with E-state index in [-0.39, 0.29) is 5.76 Å². The fourth-order valence-corrected chi connectivity index (χ4v) is 2.07. The Balaban J connectivity index is 1.88. The van der Waals surface area contributed by atoms with Crippen LogP contribution in [0.25, 0.3) is 11.0 Å². The van der Waals surface area contributed by atoms with Gasteiger partial charge in [0.2, 0.25) is 0 Å². The number of halogens is 2. The normalized spacial score (nSPS) is 10.7. The minimum atomic E-state index is -0.442. The van der Waals surface area contributed by atoms with Gasteiger partial charge in [-0.05, 0) is 42.5 Å². The molecule has 3 aromatic rings. The Hall–Kier alpha value is -2.33. The second kappa shape index (κ2) is 4.98. The first-order valence-electron chi connectivity index (χ1n) is 5.88. The summed E-state index contributed by atoms with van der Waals surface area (Å²) in [6.07, 6.45) is 0. The van der Waals surface area contributed by atoms with E-state index >= 15 is 0 Å². The van der Waals surface area contributed by atoms with Gasteiger partial charge < -0.3 is 9.73 Å². The highest BCUT2D eigenvalue weighted by Gasteiger charge is 2.13. The Morgan fingerprint density at radius 2 is 2.00 bits per heavy atom. The van der Waals surface area contributed by atoms with Crippen molar-refractivity contribution in [2.45, 2.75) is 0 Å². The van der Waals surface area contributed by atoms with Crippen LogP contribution in [0.2, 0.25) is 5.02 Å². The third kappa shape index (κ3) is 2.51. The predicted octanol–water partition coefficient (Wildman–Crippen LogP) is 4.48. The van der Waals surface area contributed by atoms with Gasteiger partial charge in [-0.15, -0.1) is 0 Å². The number of hydrogen-bond donors (Lipinski definition) is 1. The summed E-state index contributed by atoms with van der Waals surface area (Å²) < 4.78 is 18.5. The van der Waals surface area contributed by atoms with Gasteiger partial charge in [0.1, 0.15) is 11.4 Å². The van der Waals surface area contributed by atoms with Crippen molar-refractivity contribution < 1.29 is 13.6 Å². The molecule has 2 aromatic carbocycles. The first-order chi connectivity index (χ1) is 9.61. The van der Waals surface area contributed by atoms with Crippen LogP contribution in [0.3, 0.4) is 0 Å². The maximum Gasteiger partial charge on any atom is 0.291 e. The van der Waals surface area contributed by atoms with Gasteiger partial charge in [-0.2, -0.15) is 0 Å². The van der Waals surface area contributed by atoms with Crippen molar-refractivity contribution in [2.75, 3.05) is 5.32 Å². The smallest absolute Gasteiger partial charge is 0.291 e. The standard InChI is InChI=1S/C15H9ClFNO2/c16-10-4-5-13-9(6-10)7-14(20-13)15(19)18-12-3-1-2-11(17)8-12/h1-8H,(H,18,19). The number of benzene rings is 2. The van der Waals surface area contributed by atoms with Crippen molar-refractivity contribution in [2.24, 2.45) is 0 Å². The third-order valence-electron chi connectivity index (χ3n) is 2.78. The fourth-order valence-electron chi connectivity index (χ4n) is 1.89.